The molecule has 0 bridgehead atoms. The van der Waals surface area contributed by atoms with E-state index in [4.69, 9.17) is 4.74 Å². The smallest absolute Gasteiger partial charge is 0.401 e. The minimum absolute atomic E-state index is 0. The summed E-state index contributed by atoms with van der Waals surface area (Å²) in [4.78, 5) is 5.61. The van der Waals surface area contributed by atoms with E-state index in [0.29, 0.717) is 32.0 Å². The van der Waals surface area contributed by atoms with Gasteiger partial charge < -0.3 is 15.4 Å². The fourth-order valence-corrected chi connectivity index (χ4v) is 3.43. The largest absolute Gasteiger partial charge is 0.497 e. The minimum Gasteiger partial charge on any atom is -0.497 e. The second-order valence-electron chi connectivity index (χ2n) is 6.95. The lowest BCUT2D eigenvalue weighted by Crippen LogP contribution is -2.44. The van der Waals surface area contributed by atoms with Gasteiger partial charge >= 0.3 is 6.18 Å². The summed E-state index contributed by atoms with van der Waals surface area (Å²) in [5, 5.41) is 8.66. The number of hydrogen-bond donors (Lipinski definition) is 2. The Morgan fingerprint density at radius 2 is 1.93 bits per heavy atom. The third-order valence-corrected chi connectivity index (χ3v) is 4.81. The van der Waals surface area contributed by atoms with Gasteiger partial charge in [0, 0.05) is 32.7 Å². The molecule has 1 unspecified atom stereocenters. The first-order valence-electron chi connectivity index (χ1n) is 9.19. The van der Waals surface area contributed by atoms with Crippen LogP contribution in [0.4, 0.5) is 13.2 Å². The molecule has 0 aliphatic carbocycles. The average Bonchev–Trinajstić information content (AvgIpc) is 3.09. The predicted molar refractivity (Wildman–Crippen MR) is 120 cm³/mol. The number of ether oxygens (including phenoxy) is 1. The van der Waals surface area contributed by atoms with Crippen LogP contribution in [0.3, 0.4) is 0 Å². The zero-order valence-electron chi connectivity index (χ0n) is 16.4. The number of rotatable bonds is 5. The Bertz CT molecular complexity index is 844. The van der Waals surface area contributed by atoms with E-state index >= 15 is 0 Å². The van der Waals surface area contributed by atoms with Crippen LogP contribution in [0.25, 0.3) is 10.8 Å². The molecule has 1 fully saturated rings. The maximum Gasteiger partial charge on any atom is 0.401 e. The first-order valence-corrected chi connectivity index (χ1v) is 9.19. The SMILES string of the molecule is CN=C(NCc1ccc2cc(OC)ccc2c1)NC1CCN(CC(F)(F)F)C1.I. The van der Waals surface area contributed by atoms with Crippen molar-refractivity contribution >= 4 is 40.7 Å². The zero-order chi connectivity index (χ0) is 20.1. The van der Waals surface area contributed by atoms with Crippen molar-refractivity contribution in [3.05, 3.63) is 42.0 Å². The Kier molecular flexibility index (Phi) is 8.38. The molecule has 3 rings (SSSR count). The molecule has 0 aromatic heterocycles. The molecule has 1 aliphatic heterocycles. The molecule has 1 heterocycles. The number of guanidine groups is 1. The maximum atomic E-state index is 12.5. The zero-order valence-corrected chi connectivity index (χ0v) is 18.8. The van der Waals surface area contributed by atoms with Gasteiger partial charge in [-0.05, 0) is 41.0 Å². The third-order valence-electron chi connectivity index (χ3n) is 4.81. The van der Waals surface area contributed by atoms with Crippen molar-refractivity contribution in [3.8, 4) is 5.75 Å². The Morgan fingerprint density at radius 3 is 2.62 bits per heavy atom. The minimum atomic E-state index is -4.16. The molecule has 2 aromatic rings. The third kappa shape index (κ3) is 6.91. The lowest BCUT2D eigenvalue weighted by molar-refractivity contribution is -0.143. The van der Waals surface area contributed by atoms with Gasteiger partial charge in [-0.15, -0.1) is 24.0 Å². The molecule has 0 saturated carbocycles. The number of halogens is 4. The molecule has 0 radical (unpaired) electrons. The number of nitrogens with one attached hydrogen (secondary N) is 2. The summed E-state index contributed by atoms with van der Waals surface area (Å²) in [6, 6.07) is 12.0. The molecule has 160 valence electrons. The van der Waals surface area contributed by atoms with Crippen LogP contribution in [0, 0.1) is 0 Å². The van der Waals surface area contributed by atoms with E-state index in [1.807, 2.05) is 30.3 Å². The Hall–Kier alpha value is -1.75. The van der Waals surface area contributed by atoms with E-state index in [-0.39, 0.29) is 30.0 Å². The van der Waals surface area contributed by atoms with Gasteiger partial charge in [0.2, 0.25) is 0 Å². The summed E-state index contributed by atoms with van der Waals surface area (Å²) in [5.74, 6) is 1.41. The maximum absolute atomic E-state index is 12.5. The lowest BCUT2D eigenvalue weighted by Gasteiger charge is -2.20. The molecule has 2 N–H and O–H groups in total. The molecule has 29 heavy (non-hydrogen) atoms. The summed E-state index contributed by atoms with van der Waals surface area (Å²) in [6.07, 6.45) is -3.50. The van der Waals surface area contributed by atoms with Gasteiger partial charge in [0.05, 0.1) is 13.7 Å². The monoisotopic (exact) mass is 522 g/mol. The van der Waals surface area contributed by atoms with Gasteiger partial charge in [-0.3, -0.25) is 9.89 Å². The van der Waals surface area contributed by atoms with E-state index < -0.39 is 12.7 Å². The van der Waals surface area contributed by atoms with Crippen LogP contribution in [0.5, 0.6) is 5.75 Å². The highest BCUT2D eigenvalue weighted by atomic mass is 127. The first-order chi connectivity index (χ1) is 13.4. The van der Waals surface area contributed by atoms with Crippen LogP contribution >= 0.6 is 24.0 Å². The van der Waals surface area contributed by atoms with Gasteiger partial charge in [0.15, 0.2) is 5.96 Å². The highest BCUT2D eigenvalue weighted by Crippen LogP contribution is 2.22. The molecule has 1 saturated heterocycles. The van der Waals surface area contributed by atoms with Crippen LogP contribution < -0.4 is 15.4 Å². The van der Waals surface area contributed by atoms with Crippen LogP contribution in [0.15, 0.2) is 41.4 Å². The summed E-state index contributed by atoms with van der Waals surface area (Å²) >= 11 is 0. The quantitative estimate of drug-likeness (QED) is 0.357. The number of fused-ring (bicyclic) bond motifs is 1. The highest BCUT2D eigenvalue weighted by molar-refractivity contribution is 14.0. The summed E-state index contributed by atoms with van der Waals surface area (Å²) in [5.41, 5.74) is 1.09. The number of benzene rings is 2. The molecular weight excluding hydrogens is 496 g/mol. The van der Waals surface area contributed by atoms with Crippen LogP contribution in [-0.4, -0.2) is 56.9 Å². The fraction of sp³-hybridized carbons (Fsp3) is 0.450. The number of alkyl halides is 3. The standard InChI is InChI=1S/C20H25F3N4O.HI/c1-24-19(26-17-7-8-27(12-17)13-20(21,22)23)25-11-14-3-4-16-10-18(28-2)6-5-15(16)9-14;/h3-6,9-10,17H,7-8,11-13H2,1-2H3,(H2,24,25,26);1H. The number of likely N-dealkylation sites (tertiary alicyclic amines) is 1. The van der Waals surface area contributed by atoms with Crippen molar-refractivity contribution in [1.82, 2.24) is 15.5 Å². The van der Waals surface area contributed by atoms with Crippen molar-refractivity contribution in [3.63, 3.8) is 0 Å². The van der Waals surface area contributed by atoms with Crippen LogP contribution in [0.2, 0.25) is 0 Å². The number of hydrogen-bond acceptors (Lipinski definition) is 3. The second kappa shape index (κ2) is 10.3. The molecule has 0 amide bonds. The predicted octanol–water partition coefficient (Wildman–Crippen LogP) is 3.77. The highest BCUT2D eigenvalue weighted by Gasteiger charge is 2.34. The van der Waals surface area contributed by atoms with E-state index in [9.17, 15) is 13.2 Å². The summed E-state index contributed by atoms with van der Waals surface area (Å²) in [6.45, 7) is 0.500. The Balaban J connectivity index is 0.00000300. The number of methoxy groups -OCH3 is 1. The molecule has 9 heteroatoms. The van der Waals surface area contributed by atoms with Crippen molar-refractivity contribution < 1.29 is 17.9 Å². The molecule has 1 aliphatic rings. The summed E-state index contributed by atoms with van der Waals surface area (Å²) in [7, 11) is 3.30. The lowest BCUT2D eigenvalue weighted by atomic mass is 10.1. The van der Waals surface area contributed by atoms with Gasteiger partial charge in [-0.1, -0.05) is 18.2 Å². The van der Waals surface area contributed by atoms with Crippen molar-refractivity contribution in [2.24, 2.45) is 4.99 Å². The van der Waals surface area contributed by atoms with Gasteiger partial charge in [-0.2, -0.15) is 13.2 Å². The van der Waals surface area contributed by atoms with Gasteiger partial charge in [0.1, 0.15) is 5.75 Å². The van der Waals surface area contributed by atoms with Crippen LogP contribution in [0.1, 0.15) is 12.0 Å². The first kappa shape index (κ1) is 23.5. The summed E-state index contributed by atoms with van der Waals surface area (Å²) < 4.78 is 42.8. The molecular formula is C20H26F3IN4O. The van der Waals surface area contributed by atoms with E-state index in [2.05, 4.69) is 21.7 Å². The van der Waals surface area contributed by atoms with Gasteiger partial charge in [-0.25, -0.2) is 0 Å². The molecule has 5 nitrogen and oxygen atoms in total. The van der Waals surface area contributed by atoms with Crippen LogP contribution in [-0.2, 0) is 6.54 Å². The average molecular weight is 522 g/mol. The molecule has 0 spiro atoms. The fourth-order valence-electron chi connectivity index (χ4n) is 3.43. The normalized spacial score (nSPS) is 17.8. The molecule has 2 aromatic carbocycles. The van der Waals surface area contributed by atoms with E-state index in [0.717, 1.165) is 22.1 Å². The topological polar surface area (TPSA) is 48.9 Å². The Labute approximate surface area is 185 Å². The van der Waals surface area contributed by atoms with Crippen molar-refractivity contribution in [2.75, 3.05) is 33.8 Å². The van der Waals surface area contributed by atoms with E-state index in [1.54, 1.807) is 14.2 Å². The van der Waals surface area contributed by atoms with Crippen molar-refractivity contribution in [2.45, 2.75) is 25.2 Å². The number of nitrogens with zero attached hydrogens (tertiary/aromatic N) is 2. The second-order valence-corrected chi connectivity index (χ2v) is 6.95. The number of aliphatic imine (C=N–C) groups is 1. The van der Waals surface area contributed by atoms with E-state index in [1.165, 1.54) is 4.90 Å². The van der Waals surface area contributed by atoms with Gasteiger partial charge in [0.25, 0.3) is 0 Å². The Morgan fingerprint density at radius 1 is 1.21 bits per heavy atom. The molecule has 1 atom stereocenters. The van der Waals surface area contributed by atoms with Crippen molar-refractivity contribution in [1.29, 1.82) is 0 Å².